The SMILES string of the molecule is CC(F)(F)CO[PH](=O)C1COC(=O)O1. The average Bonchev–Trinajstić information content (AvgIpc) is 2.46. The van der Waals surface area contributed by atoms with E-state index in [9.17, 15) is 18.1 Å². The summed E-state index contributed by atoms with van der Waals surface area (Å²) >= 11 is 0. The highest BCUT2D eigenvalue weighted by molar-refractivity contribution is 7.39. The third-order valence-electron chi connectivity index (χ3n) is 1.32. The number of hydrogen-bond acceptors (Lipinski definition) is 5. The predicted octanol–water partition coefficient (Wildman–Crippen LogP) is 1.63. The van der Waals surface area contributed by atoms with E-state index in [1.54, 1.807) is 0 Å². The molecule has 0 spiro atoms. The van der Waals surface area contributed by atoms with Crippen LogP contribution in [0.2, 0.25) is 0 Å². The molecule has 5 nitrogen and oxygen atoms in total. The molecule has 1 fully saturated rings. The van der Waals surface area contributed by atoms with Crippen molar-refractivity contribution in [3.63, 3.8) is 0 Å². The maximum Gasteiger partial charge on any atom is 0.509 e. The van der Waals surface area contributed by atoms with Crippen LogP contribution in [0.15, 0.2) is 0 Å². The quantitative estimate of drug-likeness (QED) is 0.542. The van der Waals surface area contributed by atoms with E-state index >= 15 is 0 Å². The van der Waals surface area contributed by atoms with Crippen LogP contribution in [0.4, 0.5) is 13.6 Å². The Morgan fingerprint density at radius 1 is 1.71 bits per heavy atom. The molecular formula is C6H9F2O5P. The number of hydrogen-bond donors (Lipinski definition) is 0. The summed E-state index contributed by atoms with van der Waals surface area (Å²) in [6.45, 7) is -0.538. The summed E-state index contributed by atoms with van der Waals surface area (Å²) in [5.74, 6) is -4.10. The Morgan fingerprint density at radius 2 is 2.36 bits per heavy atom. The molecule has 0 bridgehead atoms. The van der Waals surface area contributed by atoms with E-state index in [1.807, 2.05) is 0 Å². The second kappa shape index (κ2) is 4.23. The summed E-state index contributed by atoms with van der Waals surface area (Å²) in [6.07, 6.45) is -0.958. The maximum atomic E-state index is 12.3. The third-order valence-corrected chi connectivity index (χ3v) is 2.56. The monoisotopic (exact) mass is 230 g/mol. The van der Waals surface area contributed by atoms with E-state index in [2.05, 4.69) is 14.0 Å². The van der Waals surface area contributed by atoms with Gasteiger partial charge >= 0.3 is 6.16 Å². The lowest BCUT2D eigenvalue weighted by molar-refractivity contribution is -0.0221. The van der Waals surface area contributed by atoms with Crippen molar-refractivity contribution in [3.8, 4) is 0 Å². The molecular weight excluding hydrogens is 221 g/mol. The van der Waals surface area contributed by atoms with Crippen molar-refractivity contribution in [2.45, 2.75) is 18.7 Å². The summed E-state index contributed by atoms with van der Waals surface area (Å²) in [4.78, 5) is 10.4. The molecule has 0 N–H and O–H groups in total. The third kappa shape index (κ3) is 3.59. The number of alkyl halides is 2. The molecule has 82 valence electrons. The van der Waals surface area contributed by atoms with Gasteiger partial charge in [-0.3, -0.25) is 4.57 Å². The van der Waals surface area contributed by atoms with E-state index < -0.39 is 32.6 Å². The zero-order chi connectivity index (χ0) is 10.8. The fraction of sp³-hybridized carbons (Fsp3) is 0.833. The van der Waals surface area contributed by atoms with Gasteiger partial charge < -0.3 is 14.0 Å². The first-order chi connectivity index (χ1) is 6.38. The molecule has 14 heavy (non-hydrogen) atoms. The first-order valence-corrected chi connectivity index (χ1v) is 5.16. The van der Waals surface area contributed by atoms with Crippen LogP contribution in [-0.2, 0) is 18.6 Å². The normalized spacial score (nSPS) is 24.2. The van der Waals surface area contributed by atoms with Gasteiger partial charge in [-0.05, 0) is 0 Å². The van der Waals surface area contributed by atoms with Crippen LogP contribution in [0.1, 0.15) is 6.92 Å². The van der Waals surface area contributed by atoms with Gasteiger partial charge in [0, 0.05) is 6.92 Å². The first-order valence-electron chi connectivity index (χ1n) is 3.76. The van der Waals surface area contributed by atoms with Crippen LogP contribution in [0.3, 0.4) is 0 Å². The van der Waals surface area contributed by atoms with Gasteiger partial charge in [0.05, 0.1) is 0 Å². The fourth-order valence-corrected chi connectivity index (χ4v) is 1.73. The van der Waals surface area contributed by atoms with Gasteiger partial charge in [-0.2, -0.15) is 0 Å². The highest BCUT2D eigenvalue weighted by Gasteiger charge is 2.32. The molecule has 2 unspecified atom stereocenters. The first kappa shape index (κ1) is 11.4. The Morgan fingerprint density at radius 3 is 2.79 bits per heavy atom. The van der Waals surface area contributed by atoms with E-state index in [0.717, 1.165) is 0 Å². The molecule has 0 aliphatic carbocycles. The van der Waals surface area contributed by atoms with Crippen LogP contribution in [0, 0.1) is 0 Å². The van der Waals surface area contributed by atoms with Gasteiger partial charge in [-0.15, -0.1) is 0 Å². The van der Waals surface area contributed by atoms with E-state index in [-0.39, 0.29) is 6.61 Å². The molecule has 1 heterocycles. The molecule has 8 heteroatoms. The Balaban J connectivity index is 2.32. The van der Waals surface area contributed by atoms with Crippen molar-refractivity contribution in [1.29, 1.82) is 0 Å². The molecule has 0 aromatic carbocycles. The summed E-state index contributed by atoms with van der Waals surface area (Å²) in [5, 5.41) is 0. The number of carbonyl (C=O) groups is 1. The number of rotatable bonds is 4. The second-order valence-electron chi connectivity index (χ2n) is 2.85. The van der Waals surface area contributed by atoms with Crippen LogP contribution in [0.25, 0.3) is 0 Å². The zero-order valence-corrected chi connectivity index (χ0v) is 8.29. The van der Waals surface area contributed by atoms with Crippen molar-refractivity contribution < 1.29 is 32.1 Å². The van der Waals surface area contributed by atoms with Crippen LogP contribution >= 0.6 is 8.03 Å². The van der Waals surface area contributed by atoms with Gasteiger partial charge in [-0.1, -0.05) is 0 Å². The molecule has 0 aromatic rings. The lowest BCUT2D eigenvalue weighted by Crippen LogP contribution is -2.18. The number of halogens is 2. The smallest absolute Gasteiger partial charge is 0.430 e. The minimum Gasteiger partial charge on any atom is -0.430 e. The number of carbonyl (C=O) groups excluding carboxylic acids is 1. The fourth-order valence-electron chi connectivity index (χ4n) is 0.735. The van der Waals surface area contributed by atoms with Crippen molar-refractivity contribution in [1.82, 2.24) is 0 Å². The lowest BCUT2D eigenvalue weighted by atomic mass is 10.4. The number of cyclic esters (lactones) is 2. The molecule has 0 amide bonds. The van der Waals surface area contributed by atoms with Crippen molar-refractivity contribution in [2.24, 2.45) is 0 Å². The standard InChI is InChI=1S/C6H9F2O5P/c1-6(7,8)3-12-14(10)4-2-11-5(9)13-4/h4,14H,2-3H2,1H3. The second-order valence-corrected chi connectivity index (χ2v) is 4.42. The van der Waals surface area contributed by atoms with Gasteiger partial charge in [0.15, 0.2) is 0 Å². The average molecular weight is 230 g/mol. The Kier molecular flexibility index (Phi) is 3.44. The molecule has 1 rings (SSSR count). The Bertz CT molecular complexity index is 251. The minimum atomic E-state index is -3.05. The molecule has 0 radical (unpaired) electrons. The minimum absolute atomic E-state index is 0.216. The highest BCUT2D eigenvalue weighted by Crippen LogP contribution is 2.35. The van der Waals surface area contributed by atoms with E-state index in [1.165, 1.54) is 0 Å². The molecule has 1 saturated heterocycles. The summed E-state index contributed by atoms with van der Waals surface area (Å²) in [5.41, 5.74) is 0. The summed E-state index contributed by atoms with van der Waals surface area (Å²) < 4.78 is 48.7. The van der Waals surface area contributed by atoms with Crippen LogP contribution in [-0.4, -0.2) is 31.1 Å². The topological polar surface area (TPSA) is 61.8 Å². The van der Waals surface area contributed by atoms with Crippen molar-refractivity contribution in [2.75, 3.05) is 13.2 Å². The molecule has 2 atom stereocenters. The van der Waals surface area contributed by atoms with E-state index in [0.29, 0.717) is 6.92 Å². The van der Waals surface area contributed by atoms with Crippen molar-refractivity contribution >= 4 is 14.2 Å². The molecule has 1 aliphatic heterocycles. The Hall–Kier alpha value is -0.680. The summed E-state index contributed by atoms with van der Waals surface area (Å²) in [6, 6.07) is 0. The molecule has 1 aliphatic rings. The van der Waals surface area contributed by atoms with Gasteiger partial charge in [0.2, 0.25) is 13.9 Å². The highest BCUT2D eigenvalue weighted by atomic mass is 31.1. The van der Waals surface area contributed by atoms with Crippen LogP contribution < -0.4 is 0 Å². The van der Waals surface area contributed by atoms with Gasteiger partial charge in [0.25, 0.3) is 5.92 Å². The van der Waals surface area contributed by atoms with Gasteiger partial charge in [-0.25, -0.2) is 13.6 Å². The van der Waals surface area contributed by atoms with E-state index in [4.69, 9.17) is 0 Å². The number of ether oxygens (including phenoxy) is 2. The predicted molar refractivity (Wildman–Crippen MR) is 41.8 cm³/mol. The van der Waals surface area contributed by atoms with Gasteiger partial charge in [0.1, 0.15) is 13.2 Å². The maximum absolute atomic E-state index is 12.3. The van der Waals surface area contributed by atoms with Crippen molar-refractivity contribution in [3.05, 3.63) is 0 Å². The Labute approximate surface area is 79.2 Å². The molecule has 0 saturated carbocycles. The largest absolute Gasteiger partial charge is 0.509 e. The molecule has 0 aromatic heterocycles. The summed E-state index contributed by atoms with van der Waals surface area (Å²) in [7, 11) is -2.83. The zero-order valence-electron chi connectivity index (χ0n) is 7.29. The lowest BCUT2D eigenvalue weighted by Gasteiger charge is -2.11. The van der Waals surface area contributed by atoms with Crippen LogP contribution in [0.5, 0.6) is 0 Å².